The summed E-state index contributed by atoms with van der Waals surface area (Å²) in [6, 6.07) is 7.56. The fraction of sp³-hybridized carbons (Fsp3) is 0.375. The minimum absolute atomic E-state index is 0.167. The van der Waals surface area contributed by atoms with Gasteiger partial charge in [-0.25, -0.2) is 0 Å². The Bertz CT molecular complexity index is 691. The second-order valence-electron chi connectivity index (χ2n) is 5.41. The topological polar surface area (TPSA) is 65.2 Å². The quantitative estimate of drug-likeness (QED) is 0.878. The zero-order valence-electron chi connectivity index (χ0n) is 12.6. The van der Waals surface area contributed by atoms with Crippen LogP contribution in [0.1, 0.15) is 24.2 Å². The maximum atomic E-state index is 12.3. The van der Waals surface area contributed by atoms with Crippen molar-refractivity contribution in [3.63, 3.8) is 0 Å². The first kappa shape index (κ1) is 15.3. The number of hydrogen-bond acceptors (Lipinski definition) is 3. The normalized spacial score (nSPS) is 11.3. The Morgan fingerprint density at radius 1 is 1.29 bits per heavy atom. The van der Waals surface area contributed by atoms with Crippen LogP contribution in [0.4, 0.5) is 0 Å². The number of aromatic nitrogens is 1. The van der Waals surface area contributed by atoms with Gasteiger partial charge in [-0.15, -0.1) is 0 Å². The molecule has 1 aromatic heterocycles. The molecule has 1 heterocycles. The number of aromatic amines is 1. The molecule has 0 aliphatic rings. The third kappa shape index (κ3) is 3.49. The Morgan fingerprint density at radius 3 is 2.62 bits per heavy atom. The van der Waals surface area contributed by atoms with Crippen LogP contribution >= 0.6 is 0 Å². The summed E-state index contributed by atoms with van der Waals surface area (Å²) in [6.07, 6.45) is 1.48. The molecule has 0 bridgehead atoms. The molecule has 0 spiro atoms. The summed E-state index contributed by atoms with van der Waals surface area (Å²) in [6.45, 7) is 5.57. The number of carbonyl (C=O) groups is 1. The van der Waals surface area contributed by atoms with Gasteiger partial charge in [-0.05, 0) is 27.0 Å². The summed E-state index contributed by atoms with van der Waals surface area (Å²) in [4.78, 5) is 28.8. The van der Waals surface area contributed by atoms with Gasteiger partial charge in [0.25, 0.3) is 11.5 Å². The molecule has 0 unspecified atom stereocenters. The van der Waals surface area contributed by atoms with E-state index in [4.69, 9.17) is 0 Å². The van der Waals surface area contributed by atoms with Gasteiger partial charge in [0.15, 0.2) is 0 Å². The number of fused-ring (bicyclic) bond motifs is 1. The summed E-state index contributed by atoms with van der Waals surface area (Å²) < 4.78 is 0. The Labute approximate surface area is 124 Å². The van der Waals surface area contributed by atoms with Gasteiger partial charge in [0.05, 0.1) is 5.56 Å². The first-order valence-corrected chi connectivity index (χ1v) is 7.09. The van der Waals surface area contributed by atoms with Crippen LogP contribution in [0, 0.1) is 0 Å². The maximum Gasteiger partial charge on any atom is 0.255 e. The molecule has 0 fully saturated rings. The summed E-state index contributed by atoms with van der Waals surface area (Å²) in [5.74, 6) is -0.167. The van der Waals surface area contributed by atoms with E-state index in [1.807, 2.05) is 13.1 Å². The van der Waals surface area contributed by atoms with E-state index < -0.39 is 0 Å². The van der Waals surface area contributed by atoms with Crippen LogP contribution in [0.5, 0.6) is 0 Å². The minimum atomic E-state index is -0.179. The second kappa shape index (κ2) is 6.54. The number of rotatable bonds is 5. The molecule has 2 N–H and O–H groups in total. The average Bonchev–Trinajstić information content (AvgIpc) is 2.47. The van der Waals surface area contributed by atoms with Crippen LogP contribution in [0.2, 0.25) is 0 Å². The van der Waals surface area contributed by atoms with Crippen LogP contribution in [0.25, 0.3) is 10.8 Å². The van der Waals surface area contributed by atoms with Gasteiger partial charge in [-0.2, -0.15) is 0 Å². The number of carbonyl (C=O) groups excluding carboxylic acids is 1. The number of benzene rings is 1. The van der Waals surface area contributed by atoms with Gasteiger partial charge in [0.2, 0.25) is 0 Å². The Hall–Kier alpha value is -2.14. The SMILES string of the molecule is CC(C)N(C)CCNC(=O)c1c[nH]c(=O)c2ccccc12. The van der Waals surface area contributed by atoms with E-state index in [9.17, 15) is 9.59 Å². The van der Waals surface area contributed by atoms with Crippen LogP contribution in [0.3, 0.4) is 0 Å². The molecule has 5 nitrogen and oxygen atoms in total. The van der Waals surface area contributed by atoms with Gasteiger partial charge in [-0.3, -0.25) is 9.59 Å². The fourth-order valence-corrected chi connectivity index (χ4v) is 2.10. The lowest BCUT2D eigenvalue weighted by atomic mass is 10.1. The van der Waals surface area contributed by atoms with E-state index in [0.717, 1.165) is 6.54 Å². The van der Waals surface area contributed by atoms with Crippen molar-refractivity contribution in [2.75, 3.05) is 20.1 Å². The molecule has 21 heavy (non-hydrogen) atoms. The van der Waals surface area contributed by atoms with Gasteiger partial charge in [0, 0.05) is 36.1 Å². The van der Waals surface area contributed by atoms with Crippen LogP contribution in [0.15, 0.2) is 35.3 Å². The van der Waals surface area contributed by atoms with Gasteiger partial charge < -0.3 is 15.2 Å². The van der Waals surface area contributed by atoms with Crippen molar-refractivity contribution in [3.8, 4) is 0 Å². The number of likely N-dealkylation sites (N-methyl/N-ethyl adjacent to an activating group) is 1. The molecule has 0 aliphatic carbocycles. The summed E-state index contributed by atoms with van der Waals surface area (Å²) in [7, 11) is 2.02. The average molecular weight is 287 g/mol. The van der Waals surface area contributed by atoms with Crippen molar-refractivity contribution in [2.45, 2.75) is 19.9 Å². The minimum Gasteiger partial charge on any atom is -0.351 e. The molecular formula is C16H21N3O2. The van der Waals surface area contributed by atoms with E-state index in [2.05, 4.69) is 29.0 Å². The molecule has 5 heteroatoms. The summed E-state index contributed by atoms with van der Waals surface area (Å²) in [5, 5.41) is 4.10. The number of amides is 1. The predicted octanol–water partition coefficient (Wildman–Crippen LogP) is 1.60. The highest BCUT2D eigenvalue weighted by atomic mass is 16.1. The highest BCUT2D eigenvalue weighted by Crippen LogP contribution is 2.13. The van der Waals surface area contributed by atoms with E-state index >= 15 is 0 Å². The van der Waals surface area contributed by atoms with Crippen LogP contribution in [-0.2, 0) is 0 Å². The lowest BCUT2D eigenvalue weighted by Gasteiger charge is -2.20. The van der Waals surface area contributed by atoms with Crippen molar-refractivity contribution in [2.24, 2.45) is 0 Å². The van der Waals surface area contributed by atoms with Crippen molar-refractivity contribution >= 4 is 16.7 Å². The summed E-state index contributed by atoms with van der Waals surface area (Å²) >= 11 is 0. The molecule has 0 saturated heterocycles. The first-order chi connectivity index (χ1) is 10.0. The van der Waals surface area contributed by atoms with Gasteiger partial charge >= 0.3 is 0 Å². The molecule has 112 valence electrons. The number of pyridine rings is 1. The predicted molar refractivity (Wildman–Crippen MR) is 84.7 cm³/mol. The molecule has 0 atom stereocenters. The lowest BCUT2D eigenvalue weighted by molar-refractivity contribution is 0.0949. The molecule has 2 aromatic rings. The highest BCUT2D eigenvalue weighted by molar-refractivity contribution is 6.06. The Balaban J connectivity index is 2.14. The Morgan fingerprint density at radius 2 is 1.95 bits per heavy atom. The molecule has 0 saturated carbocycles. The standard InChI is InChI=1S/C16H21N3O2/c1-11(2)19(3)9-8-17-16(21)14-10-18-15(20)13-7-5-4-6-12(13)14/h4-7,10-11H,8-9H2,1-3H3,(H,17,21)(H,18,20). The molecule has 0 aliphatic heterocycles. The number of nitrogens with one attached hydrogen (secondary N) is 2. The van der Waals surface area contributed by atoms with Crippen molar-refractivity contribution in [3.05, 3.63) is 46.4 Å². The molecule has 2 rings (SSSR count). The zero-order chi connectivity index (χ0) is 15.4. The zero-order valence-corrected chi connectivity index (χ0v) is 12.6. The number of nitrogens with zero attached hydrogens (tertiary/aromatic N) is 1. The van der Waals surface area contributed by atoms with Crippen LogP contribution in [-0.4, -0.2) is 42.0 Å². The van der Waals surface area contributed by atoms with Crippen LogP contribution < -0.4 is 10.9 Å². The third-order valence-electron chi connectivity index (χ3n) is 3.69. The highest BCUT2D eigenvalue weighted by Gasteiger charge is 2.12. The van der Waals surface area contributed by atoms with E-state index in [1.54, 1.807) is 18.2 Å². The maximum absolute atomic E-state index is 12.3. The lowest BCUT2D eigenvalue weighted by Crippen LogP contribution is -2.36. The van der Waals surface area contributed by atoms with Gasteiger partial charge in [-0.1, -0.05) is 18.2 Å². The largest absolute Gasteiger partial charge is 0.351 e. The smallest absolute Gasteiger partial charge is 0.255 e. The monoisotopic (exact) mass is 287 g/mol. The third-order valence-corrected chi connectivity index (χ3v) is 3.69. The molecule has 1 amide bonds. The molecule has 0 radical (unpaired) electrons. The van der Waals surface area contributed by atoms with Crippen molar-refractivity contribution in [1.82, 2.24) is 15.2 Å². The van der Waals surface area contributed by atoms with E-state index in [1.165, 1.54) is 6.20 Å². The number of H-pyrrole nitrogens is 1. The van der Waals surface area contributed by atoms with E-state index in [0.29, 0.717) is 28.9 Å². The van der Waals surface area contributed by atoms with Crippen molar-refractivity contribution < 1.29 is 4.79 Å². The van der Waals surface area contributed by atoms with E-state index in [-0.39, 0.29) is 11.5 Å². The first-order valence-electron chi connectivity index (χ1n) is 7.09. The molecule has 1 aromatic carbocycles. The summed E-state index contributed by atoms with van der Waals surface area (Å²) in [5.41, 5.74) is 0.319. The second-order valence-corrected chi connectivity index (χ2v) is 5.41. The van der Waals surface area contributed by atoms with Crippen molar-refractivity contribution in [1.29, 1.82) is 0 Å². The molecular weight excluding hydrogens is 266 g/mol. The fourth-order valence-electron chi connectivity index (χ4n) is 2.10. The van der Waals surface area contributed by atoms with Gasteiger partial charge in [0.1, 0.15) is 0 Å². The number of hydrogen-bond donors (Lipinski definition) is 2. The Kier molecular flexibility index (Phi) is 4.75.